The van der Waals surface area contributed by atoms with Gasteiger partial charge in [0.2, 0.25) is 5.75 Å². The van der Waals surface area contributed by atoms with Gasteiger partial charge in [0.05, 0.1) is 39.6 Å². The van der Waals surface area contributed by atoms with Crippen LogP contribution in [0.25, 0.3) is 5.76 Å². The van der Waals surface area contributed by atoms with E-state index in [2.05, 4.69) is 0 Å². The minimum atomic E-state index is -0.972. The Kier molecular flexibility index (Phi) is 8.14. The van der Waals surface area contributed by atoms with Gasteiger partial charge in [0.1, 0.15) is 11.5 Å². The van der Waals surface area contributed by atoms with E-state index in [4.69, 9.17) is 18.9 Å². The van der Waals surface area contributed by atoms with E-state index in [1.54, 1.807) is 48.5 Å². The predicted molar refractivity (Wildman–Crippen MR) is 149 cm³/mol. The Morgan fingerprint density at radius 2 is 1.59 bits per heavy atom. The van der Waals surface area contributed by atoms with Crippen molar-refractivity contribution in [3.8, 4) is 23.0 Å². The second-order valence-electron chi connectivity index (χ2n) is 9.65. The second kappa shape index (κ2) is 11.5. The van der Waals surface area contributed by atoms with Crippen molar-refractivity contribution < 1.29 is 33.6 Å². The highest BCUT2D eigenvalue weighted by atomic mass is 16.5. The third kappa shape index (κ3) is 5.27. The Hall–Kier alpha value is -4.46. The SMILES string of the molecule is COc1cc(C2/C(=C(\O)c3cccc(OCC(C)C)c3)C(=O)C(=O)N2c2ccccc2C)cc(OC)c1OC. The number of methoxy groups -OCH3 is 3. The summed E-state index contributed by atoms with van der Waals surface area (Å²) in [6.45, 7) is 6.42. The summed E-state index contributed by atoms with van der Waals surface area (Å²) in [5, 5.41) is 11.6. The minimum absolute atomic E-state index is 0.0569. The quantitative estimate of drug-likeness (QED) is 0.216. The first-order valence-corrected chi connectivity index (χ1v) is 12.6. The van der Waals surface area contributed by atoms with Crippen molar-refractivity contribution in [1.29, 1.82) is 0 Å². The molecule has 3 aromatic carbocycles. The number of ketones is 1. The van der Waals surface area contributed by atoms with Crippen molar-refractivity contribution >= 4 is 23.1 Å². The number of hydrogen-bond acceptors (Lipinski definition) is 7. The fourth-order valence-electron chi connectivity index (χ4n) is 4.64. The summed E-state index contributed by atoms with van der Waals surface area (Å²) in [6, 6.07) is 16.5. The molecule has 0 saturated carbocycles. The van der Waals surface area contributed by atoms with E-state index >= 15 is 0 Å². The first kappa shape index (κ1) is 27.6. The first-order chi connectivity index (χ1) is 18.7. The fourth-order valence-corrected chi connectivity index (χ4v) is 4.64. The van der Waals surface area contributed by atoms with Crippen LogP contribution < -0.4 is 23.8 Å². The van der Waals surface area contributed by atoms with Crippen molar-refractivity contribution in [3.63, 3.8) is 0 Å². The first-order valence-electron chi connectivity index (χ1n) is 12.6. The lowest BCUT2D eigenvalue weighted by Crippen LogP contribution is -2.30. The highest BCUT2D eigenvalue weighted by Crippen LogP contribution is 2.47. The Labute approximate surface area is 228 Å². The summed E-state index contributed by atoms with van der Waals surface area (Å²) >= 11 is 0. The van der Waals surface area contributed by atoms with E-state index < -0.39 is 17.7 Å². The zero-order chi connectivity index (χ0) is 28.3. The van der Waals surface area contributed by atoms with Crippen LogP contribution in [-0.4, -0.2) is 44.7 Å². The van der Waals surface area contributed by atoms with E-state index in [0.717, 1.165) is 5.56 Å². The molecule has 8 nitrogen and oxygen atoms in total. The van der Waals surface area contributed by atoms with Gasteiger partial charge in [-0.15, -0.1) is 0 Å². The number of anilines is 1. The molecule has 1 amide bonds. The fraction of sp³-hybridized carbons (Fsp3) is 0.290. The van der Waals surface area contributed by atoms with E-state index in [1.807, 2.05) is 32.9 Å². The van der Waals surface area contributed by atoms with Crippen LogP contribution >= 0.6 is 0 Å². The molecule has 0 aliphatic carbocycles. The Balaban J connectivity index is 1.97. The molecule has 1 heterocycles. The molecule has 0 radical (unpaired) electrons. The summed E-state index contributed by atoms with van der Waals surface area (Å²) in [4.78, 5) is 28.6. The lowest BCUT2D eigenvalue weighted by molar-refractivity contribution is -0.132. The number of nitrogens with zero attached hydrogens (tertiary/aromatic N) is 1. The molecule has 1 saturated heterocycles. The van der Waals surface area contributed by atoms with Crippen molar-refractivity contribution in [2.24, 2.45) is 5.92 Å². The minimum Gasteiger partial charge on any atom is -0.507 e. The predicted octanol–water partition coefficient (Wildman–Crippen LogP) is 5.68. The van der Waals surface area contributed by atoms with E-state index in [9.17, 15) is 14.7 Å². The van der Waals surface area contributed by atoms with E-state index in [1.165, 1.54) is 26.2 Å². The molecule has 1 aliphatic heterocycles. The summed E-state index contributed by atoms with van der Waals surface area (Å²) in [5.74, 6) is 0.0640. The second-order valence-corrected chi connectivity index (χ2v) is 9.65. The number of amides is 1. The molecule has 0 bridgehead atoms. The number of aryl methyl sites for hydroxylation is 1. The summed E-state index contributed by atoms with van der Waals surface area (Å²) < 4.78 is 22.4. The van der Waals surface area contributed by atoms with Gasteiger partial charge in [-0.3, -0.25) is 14.5 Å². The van der Waals surface area contributed by atoms with Gasteiger partial charge in [-0.05, 0) is 54.3 Å². The van der Waals surface area contributed by atoms with Gasteiger partial charge in [-0.1, -0.05) is 44.2 Å². The van der Waals surface area contributed by atoms with Gasteiger partial charge in [-0.2, -0.15) is 0 Å². The number of Topliss-reactive ketones (excluding diaryl/α,β-unsaturated/α-hetero) is 1. The third-order valence-corrected chi connectivity index (χ3v) is 6.51. The number of aliphatic hydroxyl groups excluding tert-OH is 1. The maximum absolute atomic E-state index is 13.6. The molecule has 204 valence electrons. The van der Waals surface area contributed by atoms with Crippen LogP contribution in [-0.2, 0) is 9.59 Å². The highest BCUT2D eigenvalue weighted by Gasteiger charge is 2.47. The maximum atomic E-state index is 13.6. The van der Waals surface area contributed by atoms with Crippen LogP contribution in [0.5, 0.6) is 23.0 Å². The van der Waals surface area contributed by atoms with Gasteiger partial charge in [0.25, 0.3) is 11.7 Å². The van der Waals surface area contributed by atoms with Gasteiger partial charge in [0, 0.05) is 11.3 Å². The average molecular weight is 532 g/mol. The van der Waals surface area contributed by atoms with Crippen LogP contribution in [0.15, 0.2) is 66.2 Å². The van der Waals surface area contributed by atoms with Gasteiger partial charge in [0.15, 0.2) is 11.5 Å². The normalized spacial score (nSPS) is 16.5. The van der Waals surface area contributed by atoms with Crippen LogP contribution in [0, 0.1) is 12.8 Å². The van der Waals surface area contributed by atoms with E-state index in [0.29, 0.717) is 52.3 Å². The molecule has 1 fully saturated rings. The van der Waals surface area contributed by atoms with Gasteiger partial charge in [-0.25, -0.2) is 0 Å². The van der Waals surface area contributed by atoms with Crippen LogP contribution in [0.1, 0.15) is 36.6 Å². The zero-order valence-corrected chi connectivity index (χ0v) is 23.0. The molecule has 1 N–H and O–H groups in total. The Bertz CT molecular complexity index is 1400. The highest BCUT2D eigenvalue weighted by molar-refractivity contribution is 6.51. The summed E-state index contributed by atoms with van der Waals surface area (Å²) in [7, 11) is 4.47. The number of carbonyl (C=O) groups is 2. The maximum Gasteiger partial charge on any atom is 0.300 e. The molecule has 1 unspecified atom stereocenters. The lowest BCUT2D eigenvalue weighted by atomic mass is 9.94. The summed E-state index contributed by atoms with van der Waals surface area (Å²) in [6.07, 6.45) is 0. The van der Waals surface area contributed by atoms with Crippen molar-refractivity contribution in [2.75, 3.05) is 32.8 Å². The molecular formula is C31H33NO7. The molecule has 8 heteroatoms. The van der Waals surface area contributed by atoms with Crippen LogP contribution in [0.2, 0.25) is 0 Å². The molecule has 3 aromatic rings. The molecule has 0 aromatic heterocycles. The molecule has 39 heavy (non-hydrogen) atoms. The Morgan fingerprint density at radius 1 is 0.923 bits per heavy atom. The molecule has 1 atom stereocenters. The van der Waals surface area contributed by atoms with Crippen LogP contribution in [0.4, 0.5) is 5.69 Å². The number of benzene rings is 3. The molecule has 1 aliphatic rings. The topological polar surface area (TPSA) is 94.5 Å². The Morgan fingerprint density at radius 3 is 2.18 bits per heavy atom. The van der Waals surface area contributed by atoms with Gasteiger partial charge >= 0.3 is 0 Å². The molecule has 0 spiro atoms. The number of para-hydroxylation sites is 1. The smallest absolute Gasteiger partial charge is 0.300 e. The third-order valence-electron chi connectivity index (χ3n) is 6.51. The number of carbonyl (C=O) groups excluding carboxylic acids is 2. The van der Waals surface area contributed by atoms with Crippen molar-refractivity contribution in [3.05, 3.63) is 82.9 Å². The molecular weight excluding hydrogens is 498 g/mol. The van der Waals surface area contributed by atoms with Crippen LogP contribution in [0.3, 0.4) is 0 Å². The monoisotopic (exact) mass is 531 g/mol. The van der Waals surface area contributed by atoms with Crippen molar-refractivity contribution in [1.82, 2.24) is 0 Å². The van der Waals surface area contributed by atoms with Gasteiger partial charge < -0.3 is 24.1 Å². The lowest BCUT2D eigenvalue weighted by Gasteiger charge is -2.27. The standard InChI is InChI=1S/C31H33NO7/c1-18(2)17-39-22-12-9-11-20(14-22)28(33)26-27(21-15-24(36-4)30(38-6)25(16-21)37-5)32(31(35)29(26)34)23-13-8-7-10-19(23)3/h7-16,18,27,33H,17H2,1-6H3/b28-26+. The largest absolute Gasteiger partial charge is 0.507 e. The summed E-state index contributed by atoms with van der Waals surface area (Å²) in [5.41, 5.74) is 2.14. The average Bonchev–Trinajstić information content (AvgIpc) is 3.20. The molecule has 4 rings (SSSR count). The number of hydrogen-bond donors (Lipinski definition) is 1. The van der Waals surface area contributed by atoms with Crippen molar-refractivity contribution in [2.45, 2.75) is 26.8 Å². The number of aliphatic hydroxyl groups is 1. The number of ether oxygens (including phenoxy) is 4. The number of rotatable bonds is 9. The zero-order valence-electron chi connectivity index (χ0n) is 23.0. The van der Waals surface area contributed by atoms with E-state index in [-0.39, 0.29) is 11.3 Å².